The van der Waals surface area contributed by atoms with Gasteiger partial charge in [-0.05, 0) is 23.8 Å². The summed E-state index contributed by atoms with van der Waals surface area (Å²) >= 11 is 0. The van der Waals surface area contributed by atoms with Crippen LogP contribution in [0.15, 0.2) is 55.1 Å². The first-order valence-electron chi connectivity index (χ1n) is 8.04. The first-order chi connectivity index (χ1) is 13.1. The van der Waals surface area contributed by atoms with Gasteiger partial charge in [0.2, 0.25) is 5.78 Å². The van der Waals surface area contributed by atoms with E-state index in [1.54, 1.807) is 48.9 Å². The number of H-pyrrole nitrogens is 1. The number of hydrogen-bond acceptors (Lipinski definition) is 6. The van der Waals surface area contributed by atoms with E-state index < -0.39 is 23.6 Å². The number of aromatic nitrogens is 4. The van der Waals surface area contributed by atoms with E-state index in [0.717, 1.165) is 0 Å². The standard InChI is InChI=1S/C18H16N6O3/c19-17(26)16(25)14(8-11-4-3-6-20-9-11)23-18(27)12-10-22-24-15(12)13-5-1-2-7-21-13/h1-7,9-10,14H,8H2,(H2,19,26)(H,22,24)(H,23,27). The number of nitrogens with zero attached hydrogens (tertiary/aromatic N) is 3. The molecule has 0 saturated heterocycles. The van der Waals surface area contributed by atoms with E-state index in [9.17, 15) is 14.4 Å². The number of aromatic amines is 1. The fourth-order valence-corrected chi connectivity index (χ4v) is 2.54. The van der Waals surface area contributed by atoms with Crippen molar-refractivity contribution >= 4 is 17.6 Å². The summed E-state index contributed by atoms with van der Waals surface area (Å²) in [6, 6.07) is 7.54. The van der Waals surface area contributed by atoms with Gasteiger partial charge in [-0.15, -0.1) is 0 Å². The summed E-state index contributed by atoms with van der Waals surface area (Å²) in [5.74, 6) is -2.59. The zero-order valence-electron chi connectivity index (χ0n) is 14.1. The van der Waals surface area contributed by atoms with E-state index in [0.29, 0.717) is 17.0 Å². The molecule has 0 aliphatic heterocycles. The fraction of sp³-hybridized carbons (Fsp3) is 0.111. The number of nitrogens with one attached hydrogen (secondary N) is 2. The molecule has 0 aliphatic carbocycles. The highest BCUT2D eigenvalue weighted by Crippen LogP contribution is 2.18. The molecular weight excluding hydrogens is 348 g/mol. The Morgan fingerprint density at radius 2 is 1.96 bits per heavy atom. The van der Waals surface area contributed by atoms with Crippen molar-refractivity contribution in [3.8, 4) is 11.4 Å². The largest absolute Gasteiger partial charge is 0.363 e. The maximum Gasteiger partial charge on any atom is 0.287 e. The van der Waals surface area contributed by atoms with E-state index in [2.05, 4.69) is 25.5 Å². The van der Waals surface area contributed by atoms with Gasteiger partial charge in [0.1, 0.15) is 6.04 Å². The highest BCUT2D eigenvalue weighted by atomic mass is 16.2. The van der Waals surface area contributed by atoms with Crippen molar-refractivity contribution in [2.45, 2.75) is 12.5 Å². The number of rotatable bonds is 7. The van der Waals surface area contributed by atoms with Crippen LogP contribution in [0.1, 0.15) is 15.9 Å². The molecule has 9 heteroatoms. The molecule has 0 aromatic carbocycles. The Hall–Kier alpha value is -3.88. The lowest BCUT2D eigenvalue weighted by atomic mass is 10.0. The average molecular weight is 364 g/mol. The van der Waals surface area contributed by atoms with E-state index >= 15 is 0 Å². The van der Waals surface area contributed by atoms with Gasteiger partial charge in [-0.25, -0.2) is 0 Å². The van der Waals surface area contributed by atoms with Crippen molar-refractivity contribution in [1.29, 1.82) is 0 Å². The van der Waals surface area contributed by atoms with Gasteiger partial charge in [-0.3, -0.25) is 29.5 Å². The Bertz CT molecular complexity index is 955. The molecule has 0 bridgehead atoms. The van der Waals surface area contributed by atoms with Crippen LogP contribution in [0.25, 0.3) is 11.4 Å². The number of ketones is 1. The minimum Gasteiger partial charge on any atom is -0.363 e. The molecule has 1 atom stereocenters. The second-order valence-electron chi connectivity index (χ2n) is 5.69. The molecule has 27 heavy (non-hydrogen) atoms. The zero-order valence-corrected chi connectivity index (χ0v) is 14.1. The van der Waals surface area contributed by atoms with Crippen LogP contribution in [0.2, 0.25) is 0 Å². The van der Waals surface area contributed by atoms with Crippen molar-refractivity contribution in [2.75, 3.05) is 0 Å². The number of amides is 2. The highest BCUT2D eigenvalue weighted by Gasteiger charge is 2.27. The van der Waals surface area contributed by atoms with Gasteiger partial charge in [-0.2, -0.15) is 5.10 Å². The second kappa shape index (κ2) is 8.00. The van der Waals surface area contributed by atoms with Gasteiger partial charge in [0.05, 0.1) is 23.1 Å². The molecule has 3 heterocycles. The van der Waals surface area contributed by atoms with Crippen LogP contribution in [0, 0.1) is 0 Å². The number of carbonyl (C=O) groups excluding carboxylic acids is 3. The third-order valence-corrected chi connectivity index (χ3v) is 3.83. The van der Waals surface area contributed by atoms with Gasteiger partial charge in [0.25, 0.3) is 11.8 Å². The molecular formula is C18H16N6O3. The molecule has 3 aromatic heterocycles. The summed E-state index contributed by atoms with van der Waals surface area (Å²) in [6.07, 6.45) is 6.12. The molecule has 9 nitrogen and oxygen atoms in total. The predicted octanol–water partition coefficient (Wildman–Crippen LogP) is 0.262. The number of carbonyl (C=O) groups is 3. The topological polar surface area (TPSA) is 144 Å². The molecule has 136 valence electrons. The van der Waals surface area contributed by atoms with Gasteiger partial charge in [-0.1, -0.05) is 12.1 Å². The van der Waals surface area contributed by atoms with Crippen LogP contribution >= 0.6 is 0 Å². The highest BCUT2D eigenvalue weighted by molar-refractivity contribution is 6.38. The monoisotopic (exact) mass is 364 g/mol. The Morgan fingerprint density at radius 1 is 1.11 bits per heavy atom. The first-order valence-corrected chi connectivity index (χ1v) is 8.04. The van der Waals surface area contributed by atoms with Crippen molar-refractivity contribution < 1.29 is 14.4 Å². The quantitative estimate of drug-likeness (QED) is 0.513. The Morgan fingerprint density at radius 3 is 2.63 bits per heavy atom. The van der Waals surface area contributed by atoms with E-state index in [1.807, 2.05) is 0 Å². The Labute approximate surface area is 154 Å². The van der Waals surface area contributed by atoms with Crippen LogP contribution in [0.5, 0.6) is 0 Å². The third-order valence-electron chi connectivity index (χ3n) is 3.83. The van der Waals surface area contributed by atoms with E-state index in [1.165, 1.54) is 6.20 Å². The predicted molar refractivity (Wildman–Crippen MR) is 95.2 cm³/mol. The minimum atomic E-state index is -1.12. The minimum absolute atomic E-state index is 0.0815. The summed E-state index contributed by atoms with van der Waals surface area (Å²) in [7, 11) is 0. The molecule has 0 aliphatic rings. The van der Waals surface area contributed by atoms with Crippen molar-refractivity contribution in [2.24, 2.45) is 5.73 Å². The molecule has 0 radical (unpaired) electrons. The Kier molecular flexibility index (Phi) is 5.31. The van der Waals surface area contributed by atoms with E-state index in [4.69, 9.17) is 5.73 Å². The number of nitrogens with two attached hydrogens (primary N) is 1. The molecule has 0 spiro atoms. The number of pyridine rings is 2. The van der Waals surface area contributed by atoms with Crippen LogP contribution in [0.3, 0.4) is 0 Å². The smallest absolute Gasteiger partial charge is 0.287 e. The van der Waals surface area contributed by atoms with Crippen molar-refractivity contribution in [3.63, 3.8) is 0 Å². The van der Waals surface area contributed by atoms with Crippen LogP contribution in [-0.2, 0) is 16.0 Å². The number of Topliss-reactive ketones (excluding diaryl/α,β-unsaturated/α-hetero) is 1. The molecule has 2 amide bonds. The SMILES string of the molecule is NC(=O)C(=O)C(Cc1cccnc1)NC(=O)c1cn[nH]c1-c1ccccn1. The maximum absolute atomic E-state index is 12.7. The summed E-state index contributed by atoms with van der Waals surface area (Å²) in [4.78, 5) is 44.4. The molecule has 3 rings (SSSR count). The van der Waals surface area contributed by atoms with Crippen LogP contribution < -0.4 is 11.1 Å². The van der Waals surface area contributed by atoms with Gasteiger partial charge in [0.15, 0.2) is 0 Å². The summed E-state index contributed by atoms with van der Waals surface area (Å²) in [5.41, 5.74) is 6.92. The van der Waals surface area contributed by atoms with Gasteiger partial charge in [0, 0.05) is 25.0 Å². The van der Waals surface area contributed by atoms with Crippen LogP contribution in [-0.4, -0.2) is 43.8 Å². The summed E-state index contributed by atoms with van der Waals surface area (Å²) in [6.45, 7) is 0. The lowest BCUT2D eigenvalue weighted by molar-refractivity contribution is -0.137. The molecule has 4 N–H and O–H groups in total. The summed E-state index contributed by atoms with van der Waals surface area (Å²) in [5, 5.41) is 9.15. The van der Waals surface area contributed by atoms with Crippen molar-refractivity contribution in [3.05, 3.63) is 66.2 Å². The third kappa shape index (κ3) is 4.21. The normalized spacial score (nSPS) is 11.6. The zero-order chi connectivity index (χ0) is 19.2. The average Bonchev–Trinajstić information content (AvgIpc) is 3.18. The second-order valence-corrected chi connectivity index (χ2v) is 5.69. The molecule has 3 aromatic rings. The molecule has 0 fully saturated rings. The molecule has 1 unspecified atom stereocenters. The number of primary amides is 1. The van der Waals surface area contributed by atoms with Gasteiger partial charge >= 0.3 is 0 Å². The van der Waals surface area contributed by atoms with E-state index in [-0.39, 0.29) is 12.0 Å². The fourth-order valence-electron chi connectivity index (χ4n) is 2.54. The maximum atomic E-state index is 12.7. The lowest BCUT2D eigenvalue weighted by Crippen LogP contribution is -2.47. The van der Waals surface area contributed by atoms with Crippen molar-refractivity contribution in [1.82, 2.24) is 25.5 Å². The first kappa shape index (κ1) is 17.9. The Balaban J connectivity index is 1.84. The molecule has 0 saturated carbocycles. The summed E-state index contributed by atoms with van der Waals surface area (Å²) < 4.78 is 0. The van der Waals surface area contributed by atoms with Crippen LogP contribution in [0.4, 0.5) is 0 Å². The number of hydrogen-bond donors (Lipinski definition) is 3. The van der Waals surface area contributed by atoms with Gasteiger partial charge < -0.3 is 11.1 Å². The lowest BCUT2D eigenvalue weighted by Gasteiger charge is -2.16.